The van der Waals surface area contributed by atoms with Gasteiger partial charge in [-0.25, -0.2) is 0 Å². The van der Waals surface area contributed by atoms with E-state index in [9.17, 15) is 4.79 Å². The number of hydrogen-bond acceptors (Lipinski definition) is 5. The van der Waals surface area contributed by atoms with Crippen molar-refractivity contribution in [3.8, 4) is 5.75 Å². The summed E-state index contributed by atoms with van der Waals surface area (Å²) in [4.78, 5) is 12.1. The molecule has 0 aliphatic carbocycles. The minimum atomic E-state index is -0.633. The van der Waals surface area contributed by atoms with Gasteiger partial charge >= 0.3 is 0 Å². The van der Waals surface area contributed by atoms with E-state index in [0.717, 1.165) is 17.5 Å². The summed E-state index contributed by atoms with van der Waals surface area (Å²) >= 11 is 0. The minimum Gasteiger partial charge on any atom is -0.497 e. The molecule has 0 fully saturated rings. The fraction of sp³-hybridized carbons (Fsp3) is 0.250. The van der Waals surface area contributed by atoms with Crippen LogP contribution in [0.3, 0.4) is 0 Å². The molecule has 1 aliphatic heterocycles. The third-order valence-electron chi connectivity index (χ3n) is 4.17. The fourth-order valence-corrected chi connectivity index (χ4v) is 3.03. The Morgan fingerprint density at radius 2 is 1.96 bits per heavy atom. The lowest BCUT2D eigenvalue weighted by molar-refractivity contribution is -0.114. The second kappa shape index (κ2) is 7.00. The Kier molecular flexibility index (Phi) is 4.75. The monoisotopic (exact) mass is 350 g/mol. The Morgan fingerprint density at radius 1 is 1.19 bits per heavy atom. The molecular formula is C20H22N4O2. The highest BCUT2D eigenvalue weighted by atomic mass is 16.5. The van der Waals surface area contributed by atoms with E-state index in [0.29, 0.717) is 17.1 Å². The van der Waals surface area contributed by atoms with E-state index in [4.69, 9.17) is 10.5 Å². The number of amides is 1. The molecule has 3 N–H and O–H groups in total. The van der Waals surface area contributed by atoms with Crippen LogP contribution < -0.4 is 15.8 Å². The largest absolute Gasteiger partial charge is 0.497 e. The summed E-state index contributed by atoms with van der Waals surface area (Å²) in [5.74, 6) is 0.0312. The van der Waals surface area contributed by atoms with Crippen molar-refractivity contribution in [3.05, 3.63) is 65.4 Å². The lowest BCUT2D eigenvalue weighted by atomic mass is 9.85. The Hall–Kier alpha value is -3.15. The number of benzene rings is 2. The molecule has 0 bridgehead atoms. The van der Waals surface area contributed by atoms with Crippen molar-refractivity contribution >= 4 is 17.3 Å². The van der Waals surface area contributed by atoms with Crippen LogP contribution in [-0.4, -0.2) is 18.6 Å². The van der Waals surface area contributed by atoms with Crippen LogP contribution in [0.25, 0.3) is 5.70 Å². The van der Waals surface area contributed by atoms with Gasteiger partial charge in [0.25, 0.3) is 5.91 Å². The molecule has 6 nitrogen and oxygen atoms in total. The van der Waals surface area contributed by atoms with E-state index in [-0.39, 0.29) is 11.2 Å². The number of nitrogens with one attached hydrogen (secondary N) is 1. The second-order valence-electron chi connectivity index (χ2n) is 6.83. The first-order chi connectivity index (χ1) is 12.4. The molecule has 6 heteroatoms. The van der Waals surface area contributed by atoms with Crippen LogP contribution in [0.5, 0.6) is 5.75 Å². The van der Waals surface area contributed by atoms with Gasteiger partial charge in [0.2, 0.25) is 0 Å². The predicted octanol–water partition coefficient (Wildman–Crippen LogP) is 3.56. The van der Waals surface area contributed by atoms with Crippen molar-refractivity contribution in [1.29, 1.82) is 0 Å². The molecule has 1 heterocycles. The average Bonchev–Trinajstić information content (AvgIpc) is 2.60. The molecular weight excluding hydrogens is 328 g/mol. The fourth-order valence-electron chi connectivity index (χ4n) is 3.03. The van der Waals surface area contributed by atoms with Crippen molar-refractivity contribution in [2.75, 3.05) is 7.11 Å². The highest BCUT2D eigenvalue weighted by Crippen LogP contribution is 2.32. The summed E-state index contributed by atoms with van der Waals surface area (Å²) in [7, 11) is 1.58. The summed E-state index contributed by atoms with van der Waals surface area (Å²) in [6.45, 7) is 4.14. The predicted molar refractivity (Wildman–Crippen MR) is 101 cm³/mol. The third-order valence-corrected chi connectivity index (χ3v) is 4.17. The SMILES string of the molecule is COc1cccc(N=NC(C(N)=O)=C2NC(C)(C)Cc3ccccc32)c1. The quantitative estimate of drug-likeness (QED) is 0.653. The summed E-state index contributed by atoms with van der Waals surface area (Å²) in [6, 6.07) is 15.1. The van der Waals surface area contributed by atoms with E-state index in [2.05, 4.69) is 35.5 Å². The summed E-state index contributed by atoms with van der Waals surface area (Å²) in [5.41, 5.74) is 8.74. The maximum atomic E-state index is 12.1. The number of rotatable bonds is 4. The minimum absolute atomic E-state index is 0.105. The lowest BCUT2D eigenvalue weighted by Crippen LogP contribution is -2.44. The van der Waals surface area contributed by atoms with Gasteiger partial charge in [-0.1, -0.05) is 30.3 Å². The zero-order valence-corrected chi connectivity index (χ0v) is 15.1. The number of methoxy groups -OCH3 is 1. The number of ether oxygens (including phenoxy) is 1. The molecule has 1 aliphatic rings. The zero-order chi connectivity index (χ0) is 18.7. The van der Waals surface area contributed by atoms with Crippen LogP contribution in [0.2, 0.25) is 0 Å². The van der Waals surface area contributed by atoms with Crippen LogP contribution in [0.4, 0.5) is 5.69 Å². The molecule has 26 heavy (non-hydrogen) atoms. The first-order valence-corrected chi connectivity index (χ1v) is 8.36. The van der Waals surface area contributed by atoms with Crippen LogP contribution in [0.15, 0.2) is 64.5 Å². The number of nitrogens with two attached hydrogens (primary N) is 1. The number of hydrogen-bond donors (Lipinski definition) is 2. The second-order valence-corrected chi connectivity index (χ2v) is 6.83. The molecule has 2 aromatic rings. The number of carbonyl (C=O) groups excluding carboxylic acids is 1. The standard InChI is InChI=1S/C20H22N4O2/c1-20(2)12-13-7-4-5-10-16(13)17(22-20)18(19(21)25)24-23-14-8-6-9-15(11-14)26-3/h4-11,22H,12H2,1-3H3,(H2,21,25). The Labute approximate surface area is 152 Å². The maximum absolute atomic E-state index is 12.1. The number of fused-ring (bicyclic) bond motifs is 1. The van der Waals surface area contributed by atoms with Gasteiger partial charge in [-0.3, -0.25) is 4.79 Å². The topological polar surface area (TPSA) is 89.1 Å². The summed E-state index contributed by atoms with van der Waals surface area (Å²) in [5, 5.41) is 11.7. The third kappa shape index (κ3) is 3.74. The van der Waals surface area contributed by atoms with E-state index in [1.807, 2.05) is 30.3 Å². The molecule has 1 amide bonds. The van der Waals surface area contributed by atoms with Crippen molar-refractivity contribution in [2.45, 2.75) is 25.8 Å². The molecule has 134 valence electrons. The van der Waals surface area contributed by atoms with E-state index < -0.39 is 5.91 Å². The molecule has 2 aromatic carbocycles. The van der Waals surface area contributed by atoms with E-state index in [1.54, 1.807) is 19.2 Å². The Balaban J connectivity index is 2.09. The molecule has 0 aromatic heterocycles. The van der Waals surface area contributed by atoms with Gasteiger partial charge in [-0.15, -0.1) is 5.11 Å². The Bertz CT molecular complexity index is 900. The number of azo groups is 1. The first kappa shape index (κ1) is 17.7. The van der Waals surface area contributed by atoms with Crippen LogP contribution >= 0.6 is 0 Å². The van der Waals surface area contributed by atoms with Gasteiger partial charge < -0.3 is 15.8 Å². The van der Waals surface area contributed by atoms with Crippen molar-refractivity contribution in [3.63, 3.8) is 0 Å². The molecule has 0 unspecified atom stereocenters. The van der Waals surface area contributed by atoms with Gasteiger partial charge in [0, 0.05) is 17.2 Å². The van der Waals surface area contributed by atoms with Crippen molar-refractivity contribution in [2.24, 2.45) is 16.0 Å². The lowest BCUT2D eigenvalue weighted by Gasteiger charge is -2.35. The number of nitrogens with zero attached hydrogens (tertiary/aromatic N) is 2. The number of carbonyl (C=O) groups is 1. The van der Waals surface area contributed by atoms with Crippen LogP contribution in [0, 0.1) is 0 Å². The van der Waals surface area contributed by atoms with E-state index >= 15 is 0 Å². The number of primary amides is 1. The Morgan fingerprint density at radius 3 is 2.69 bits per heavy atom. The van der Waals surface area contributed by atoms with Gasteiger partial charge in [-0.05, 0) is 38.0 Å². The molecule has 3 rings (SSSR count). The van der Waals surface area contributed by atoms with Crippen molar-refractivity contribution in [1.82, 2.24) is 5.32 Å². The molecule has 0 radical (unpaired) electrons. The first-order valence-electron chi connectivity index (χ1n) is 8.36. The zero-order valence-electron chi connectivity index (χ0n) is 15.1. The van der Waals surface area contributed by atoms with Gasteiger partial charge in [0.05, 0.1) is 18.5 Å². The van der Waals surface area contributed by atoms with Gasteiger partial charge in [0.1, 0.15) is 5.75 Å². The molecule has 0 atom stereocenters. The van der Waals surface area contributed by atoms with Gasteiger partial charge in [0.15, 0.2) is 5.70 Å². The van der Waals surface area contributed by atoms with Gasteiger partial charge in [-0.2, -0.15) is 5.11 Å². The normalized spacial score (nSPS) is 17.3. The summed E-state index contributed by atoms with van der Waals surface area (Å²) in [6.07, 6.45) is 0.839. The average molecular weight is 350 g/mol. The highest BCUT2D eigenvalue weighted by Gasteiger charge is 2.30. The maximum Gasteiger partial charge on any atom is 0.271 e. The summed E-state index contributed by atoms with van der Waals surface area (Å²) < 4.78 is 5.18. The van der Waals surface area contributed by atoms with E-state index in [1.165, 1.54) is 0 Å². The molecule has 0 spiro atoms. The van der Waals surface area contributed by atoms with Crippen LogP contribution in [-0.2, 0) is 11.2 Å². The van der Waals surface area contributed by atoms with Crippen LogP contribution in [0.1, 0.15) is 25.0 Å². The molecule has 0 saturated heterocycles. The smallest absolute Gasteiger partial charge is 0.271 e. The van der Waals surface area contributed by atoms with Crippen molar-refractivity contribution < 1.29 is 9.53 Å². The molecule has 0 saturated carbocycles. The highest BCUT2D eigenvalue weighted by molar-refractivity contribution is 6.00.